The molecule has 0 aromatic heterocycles. The Morgan fingerprint density at radius 2 is 1.95 bits per heavy atom. The van der Waals surface area contributed by atoms with E-state index in [2.05, 4.69) is 19.2 Å². The van der Waals surface area contributed by atoms with Gasteiger partial charge in [0.2, 0.25) is 5.91 Å². The largest absolute Gasteiger partial charge is 0.354 e. The summed E-state index contributed by atoms with van der Waals surface area (Å²) in [6.07, 6.45) is 0.718. The van der Waals surface area contributed by atoms with Gasteiger partial charge < -0.3 is 11.1 Å². The SMILES string of the molecule is CC(C)C[C@H](N)C(=O)NCCSc1ccc(Cl)cc1.Cl. The highest BCUT2D eigenvalue weighted by atomic mass is 35.5. The first kappa shape index (κ1) is 19.6. The van der Waals surface area contributed by atoms with Crippen LogP contribution in [0.25, 0.3) is 0 Å². The molecule has 1 aromatic rings. The molecule has 3 N–H and O–H groups in total. The summed E-state index contributed by atoms with van der Waals surface area (Å²) in [5.41, 5.74) is 5.79. The van der Waals surface area contributed by atoms with Gasteiger partial charge in [0, 0.05) is 22.2 Å². The van der Waals surface area contributed by atoms with Crippen LogP contribution in [0, 0.1) is 5.92 Å². The number of hydrogen-bond donors (Lipinski definition) is 2. The molecule has 0 saturated carbocycles. The smallest absolute Gasteiger partial charge is 0.236 e. The number of nitrogens with two attached hydrogens (primary N) is 1. The van der Waals surface area contributed by atoms with Crippen molar-refractivity contribution in [3.63, 3.8) is 0 Å². The summed E-state index contributed by atoms with van der Waals surface area (Å²) >= 11 is 7.49. The zero-order valence-corrected chi connectivity index (χ0v) is 14.2. The van der Waals surface area contributed by atoms with Crippen LogP contribution < -0.4 is 11.1 Å². The Morgan fingerprint density at radius 3 is 2.50 bits per heavy atom. The summed E-state index contributed by atoms with van der Waals surface area (Å²) < 4.78 is 0. The summed E-state index contributed by atoms with van der Waals surface area (Å²) in [5, 5.41) is 3.59. The zero-order valence-electron chi connectivity index (χ0n) is 11.8. The first-order valence-electron chi connectivity index (χ1n) is 6.40. The minimum absolute atomic E-state index is 0. The van der Waals surface area contributed by atoms with Crippen LogP contribution in [0.2, 0.25) is 5.02 Å². The van der Waals surface area contributed by atoms with Crippen LogP contribution in [0.4, 0.5) is 0 Å². The lowest BCUT2D eigenvalue weighted by molar-refractivity contribution is -0.122. The van der Waals surface area contributed by atoms with Crippen molar-refractivity contribution in [1.82, 2.24) is 5.32 Å². The van der Waals surface area contributed by atoms with Crippen LogP contribution >= 0.6 is 35.8 Å². The molecule has 0 fully saturated rings. The van der Waals surface area contributed by atoms with Gasteiger partial charge in [-0.15, -0.1) is 24.2 Å². The molecule has 0 unspecified atom stereocenters. The van der Waals surface area contributed by atoms with Gasteiger partial charge in [-0.25, -0.2) is 0 Å². The Morgan fingerprint density at radius 1 is 1.35 bits per heavy atom. The van der Waals surface area contributed by atoms with Crippen LogP contribution in [0.5, 0.6) is 0 Å². The van der Waals surface area contributed by atoms with Gasteiger partial charge in [-0.2, -0.15) is 0 Å². The van der Waals surface area contributed by atoms with Crippen LogP contribution in [0.3, 0.4) is 0 Å². The quantitative estimate of drug-likeness (QED) is 0.593. The normalized spacial score (nSPS) is 11.8. The van der Waals surface area contributed by atoms with Crippen molar-refractivity contribution in [2.45, 2.75) is 31.2 Å². The van der Waals surface area contributed by atoms with Gasteiger partial charge in [-0.05, 0) is 36.6 Å². The van der Waals surface area contributed by atoms with Gasteiger partial charge in [0.1, 0.15) is 0 Å². The molecule has 6 heteroatoms. The molecule has 1 aromatic carbocycles. The Labute approximate surface area is 136 Å². The van der Waals surface area contributed by atoms with Crippen LogP contribution in [-0.4, -0.2) is 24.2 Å². The van der Waals surface area contributed by atoms with E-state index in [-0.39, 0.29) is 18.3 Å². The predicted octanol–water partition coefficient (Wildman–Crippen LogP) is 3.34. The number of hydrogen-bond acceptors (Lipinski definition) is 3. The number of halogens is 2. The first-order valence-corrected chi connectivity index (χ1v) is 7.77. The highest BCUT2D eigenvalue weighted by molar-refractivity contribution is 7.99. The van der Waals surface area contributed by atoms with Crippen molar-refractivity contribution in [3.05, 3.63) is 29.3 Å². The Hall–Kier alpha value is -0.420. The molecule has 0 radical (unpaired) electrons. The van der Waals surface area contributed by atoms with Crippen molar-refractivity contribution < 1.29 is 4.79 Å². The number of benzene rings is 1. The van der Waals surface area contributed by atoms with E-state index in [0.717, 1.165) is 22.1 Å². The maximum atomic E-state index is 11.7. The molecule has 0 spiro atoms. The lowest BCUT2D eigenvalue weighted by atomic mass is 10.0. The monoisotopic (exact) mass is 336 g/mol. The van der Waals surface area contributed by atoms with Gasteiger partial charge in [-0.3, -0.25) is 4.79 Å². The van der Waals surface area contributed by atoms with Crippen LogP contribution in [0.15, 0.2) is 29.2 Å². The fourth-order valence-electron chi connectivity index (χ4n) is 1.62. The number of amides is 1. The number of thioether (sulfide) groups is 1. The Balaban J connectivity index is 0.00000361. The van der Waals surface area contributed by atoms with Gasteiger partial charge in [0.15, 0.2) is 0 Å². The average molecular weight is 337 g/mol. The molecule has 1 amide bonds. The summed E-state index contributed by atoms with van der Waals surface area (Å²) in [7, 11) is 0. The molecule has 0 aliphatic carbocycles. The Bertz CT molecular complexity index is 399. The van der Waals surface area contributed by atoms with E-state index >= 15 is 0 Å². The summed E-state index contributed by atoms with van der Waals surface area (Å²) in [5.74, 6) is 1.19. The zero-order chi connectivity index (χ0) is 14.3. The van der Waals surface area contributed by atoms with Crippen molar-refractivity contribution in [1.29, 1.82) is 0 Å². The molecule has 3 nitrogen and oxygen atoms in total. The van der Waals surface area contributed by atoms with E-state index in [0.29, 0.717) is 12.5 Å². The molecular weight excluding hydrogens is 315 g/mol. The molecule has 0 heterocycles. The molecule has 0 saturated heterocycles. The van der Waals surface area contributed by atoms with Crippen molar-refractivity contribution in [3.8, 4) is 0 Å². The Kier molecular flexibility index (Phi) is 10.1. The van der Waals surface area contributed by atoms with E-state index in [4.69, 9.17) is 17.3 Å². The van der Waals surface area contributed by atoms with Gasteiger partial charge in [-0.1, -0.05) is 25.4 Å². The lowest BCUT2D eigenvalue weighted by Gasteiger charge is -2.13. The number of carbonyl (C=O) groups is 1. The van der Waals surface area contributed by atoms with E-state index in [1.165, 1.54) is 0 Å². The van der Waals surface area contributed by atoms with E-state index in [9.17, 15) is 4.79 Å². The third-order valence-electron chi connectivity index (χ3n) is 2.55. The van der Waals surface area contributed by atoms with Crippen molar-refractivity contribution in [2.75, 3.05) is 12.3 Å². The van der Waals surface area contributed by atoms with Crippen LogP contribution in [0.1, 0.15) is 20.3 Å². The minimum Gasteiger partial charge on any atom is -0.354 e. The molecule has 114 valence electrons. The predicted molar refractivity (Wildman–Crippen MR) is 89.9 cm³/mol. The molecule has 20 heavy (non-hydrogen) atoms. The highest BCUT2D eigenvalue weighted by Crippen LogP contribution is 2.19. The third kappa shape index (κ3) is 8.00. The van der Waals surface area contributed by atoms with Crippen molar-refractivity contribution in [2.24, 2.45) is 11.7 Å². The second-order valence-electron chi connectivity index (χ2n) is 4.83. The molecule has 1 rings (SSSR count). The number of rotatable bonds is 7. The second kappa shape index (κ2) is 10.3. The topological polar surface area (TPSA) is 55.1 Å². The fraction of sp³-hybridized carbons (Fsp3) is 0.500. The van der Waals surface area contributed by atoms with Gasteiger partial charge >= 0.3 is 0 Å². The maximum absolute atomic E-state index is 11.7. The molecular formula is C14H22Cl2N2OS. The summed E-state index contributed by atoms with van der Waals surface area (Å²) in [4.78, 5) is 12.8. The molecule has 0 aliphatic heterocycles. The van der Waals surface area contributed by atoms with E-state index in [1.807, 2.05) is 24.3 Å². The third-order valence-corrected chi connectivity index (χ3v) is 3.81. The van der Waals surface area contributed by atoms with Gasteiger partial charge in [0.05, 0.1) is 6.04 Å². The minimum atomic E-state index is -0.402. The van der Waals surface area contributed by atoms with Gasteiger partial charge in [0.25, 0.3) is 0 Å². The second-order valence-corrected chi connectivity index (χ2v) is 6.43. The fourth-order valence-corrected chi connectivity index (χ4v) is 2.51. The summed E-state index contributed by atoms with van der Waals surface area (Å²) in [6.45, 7) is 4.74. The standard InChI is InChI=1S/C14H21ClN2OS.ClH/c1-10(2)9-13(16)14(18)17-7-8-19-12-5-3-11(15)4-6-12;/h3-6,10,13H,7-9,16H2,1-2H3,(H,17,18);1H/t13-;/m0./s1. The van der Waals surface area contributed by atoms with E-state index in [1.54, 1.807) is 11.8 Å². The molecule has 0 aliphatic rings. The first-order chi connectivity index (χ1) is 8.99. The van der Waals surface area contributed by atoms with Crippen molar-refractivity contribution >= 4 is 41.7 Å². The maximum Gasteiger partial charge on any atom is 0.236 e. The van der Waals surface area contributed by atoms with E-state index < -0.39 is 6.04 Å². The number of nitrogens with one attached hydrogen (secondary N) is 1. The average Bonchev–Trinajstić information content (AvgIpc) is 2.35. The summed E-state index contributed by atoms with van der Waals surface area (Å²) in [6, 6.07) is 7.27. The highest BCUT2D eigenvalue weighted by Gasteiger charge is 2.13. The van der Waals surface area contributed by atoms with Crippen LogP contribution in [-0.2, 0) is 4.79 Å². The lowest BCUT2D eigenvalue weighted by Crippen LogP contribution is -2.42. The molecule has 1 atom stereocenters. The molecule has 0 bridgehead atoms. The number of carbonyl (C=O) groups excluding carboxylic acids is 1.